The molecule has 4 rings (SSSR count). The fraction of sp³-hybridized carbons (Fsp3) is 0.0800. The van der Waals surface area contributed by atoms with Crippen LogP contribution in [0, 0.1) is 0 Å². The molecule has 0 saturated heterocycles. The number of nitrogens with one attached hydrogen (secondary N) is 1. The lowest BCUT2D eigenvalue weighted by atomic mass is 10.2. The van der Waals surface area contributed by atoms with Crippen LogP contribution < -0.4 is 9.47 Å². The number of H-pyrrole nitrogens is 1. The van der Waals surface area contributed by atoms with E-state index < -0.39 is 5.97 Å². The molecule has 2 N–H and O–H groups in total. The Morgan fingerprint density at radius 3 is 2.62 bits per heavy atom. The summed E-state index contributed by atoms with van der Waals surface area (Å²) in [6, 6.07) is 22.1. The Morgan fingerprint density at radius 1 is 1.09 bits per heavy atom. The van der Waals surface area contributed by atoms with Gasteiger partial charge in [-0.1, -0.05) is 60.1 Å². The number of aromatic nitrogens is 3. The number of carboxylic acids is 1. The molecule has 0 aliphatic heterocycles. The first kappa shape index (κ1) is 23.4. The number of benzene rings is 3. The largest absolute Gasteiger partial charge is 0.496 e. The minimum atomic E-state index is -1.10. The summed E-state index contributed by atoms with van der Waals surface area (Å²) in [5.41, 5.74) is 2.27. The van der Waals surface area contributed by atoms with E-state index in [-0.39, 0.29) is 10.1 Å². The summed E-state index contributed by atoms with van der Waals surface area (Å²) in [4.78, 5) is 16.4. The summed E-state index contributed by atoms with van der Waals surface area (Å²) in [6.45, 7) is 0.368. The molecule has 0 amide bonds. The number of rotatable bonds is 9. The van der Waals surface area contributed by atoms with Crippen LogP contribution >= 0.6 is 23.4 Å². The molecule has 0 radical (unpaired) electrons. The third-order valence-corrected chi connectivity index (χ3v) is 5.85. The van der Waals surface area contributed by atoms with Gasteiger partial charge in [-0.25, -0.2) is 9.78 Å². The van der Waals surface area contributed by atoms with Gasteiger partial charge >= 0.3 is 5.97 Å². The number of para-hydroxylation sites is 1. The van der Waals surface area contributed by atoms with Crippen LogP contribution in [0.15, 0.2) is 82.9 Å². The molecule has 0 saturated carbocycles. The Balaban J connectivity index is 1.57. The van der Waals surface area contributed by atoms with Crippen LogP contribution in [-0.2, 0) is 11.4 Å². The Bertz CT molecular complexity index is 1320. The van der Waals surface area contributed by atoms with Gasteiger partial charge in [-0.3, -0.25) is 5.10 Å². The summed E-state index contributed by atoms with van der Waals surface area (Å²) >= 11 is 7.03. The molecule has 0 bridgehead atoms. The molecule has 0 unspecified atom stereocenters. The first-order valence-electron chi connectivity index (χ1n) is 10.2. The van der Waals surface area contributed by atoms with E-state index in [1.54, 1.807) is 43.5 Å². The van der Waals surface area contributed by atoms with Crippen molar-refractivity contribution >= 4 is 35.4 Å². The maximum Gasteiger partial charge on any atom is 0.342 e. The quantitative estimate of drug-likeness (QED) is 0.220. The number of thioether (sulfide) groups is 1. The Morgan fingerprint density at radius 2 is 1.85 bits per heavy atom. The summed E-state index contributed by atoms with van der Waals surface area (Å²) < 4.78 is 11.3. The van der Waals surface area contributed by atoms with Crippen molar-refractivity contribution in [3.8, 4) is 22.9 Å². The molecule has 0 aliphatic rings. The summed E-state index contributed by atoms with van der Waals surface area (Å²) in [5, 5.41) is 17.5. The first-order chi connectivity index (χ1) is 16.5. The van der Waals surface area contributed by atoms with Crippen LogP contribution in [0.2, 0.25) is 5.02 Å². The van der Waals surface area contributed by atoms with E-state index in [4.69, 9.17) is 21.1 Å². The average Bonchev–Trinajstić information content (AvgIpc) is 3.32. The van der Waals surface area contributed by atoms with Crippen LogP contribution in [0.1, 0.15) is 11.1 Å². The van der Waals surface area contributed by atoms with E-state index in [0.717, 1.165) is 17.3 Å². The topological polar surface area (TPSA) is 97.3 Å². The van der Waals surface area contributed by atoms with Crippen molar-refractivity contribution in [3.63, 3.8) is 0 Å². The van der Waals surface area contributed by atoms with Crippen LogP contribution in [0.3, 0.4) is 0 Å². The van der Waals surface area contributed by atoms with E-state index in [1.807, 2.05) is 42.5 Å². The molecule has 1 heterocycles. The maximum absolute atomic E-state index is 12.0. The molecule has 3 aromatic carbocycles. The van der Waals surface area contributed by atoms with Crippen LogP contribution in [0.25, 0.3) is 17.5 Å². The van der Waals surface area contributed by atoms with Crippen molar-refractivity contribution in [2.45, 2.75) is 11.8 Å². The van der Waals surface area contributed by atoms with E-state index in [9.17, 15) is 9.90 Å². The highest BCUT2D eigenvalue weighted by atomic mass is 35.5. The van der Waals surface area contributed by atoms with Crippen LogP contribution in [0.4, 0.5) is 0 Å². The average molecular weight is 494 g/mol. The summed E-state index contributed by atoms with van der Waals surface area (Å²) in [5.74, 6) is 0.452. The monoisotopic (exact) mass is 493 g/mol. The number of ether oxygens (including phenoxy) is 2. The molecule has 7 nitrogen and oxygen atoms in total. The number of hydrogen-bond donors (Lipinski definition) is 2. The second-order valence-corrected chi connectivity index (χ2v) is 8.48. The molecule has 9 heteroatoms. The van der Waals surface area contributed by atoms with Crippen molar-refractivity contribution < 1.29 is 19.4 Å². The predicted octanol–water partition coefficient (Wildman–Crippen LogP) is 5.93. The number of aromatic amines is 1. The molecule has 0 fully saturated rings. The predicted molar refractivity (Wildman–Crippen MR) is 132 cm³/mol. The molecule has 1 aromatic heterocycles. The highest BCUT2D eigenvalue weighted by Crippen LogP contribution is 2.33. The molecule has 0 aliphatic carbocycles. The molecular weight excluding hydrogens is 474 g/mol. The van der Waals surface area contributed by atoms with Crippen molar-refractivity contribution in [2.24, 2.45) is 0 Å². The smallest absolute Gasteiger partial charge is 0.342 e. The van der Waals surface area contributed by atoms with E-state index in [0.29, 0.717) is 40.1 Å². The van der Waals surface area contributed by atoms with Crippen molar-refractivity contribution in [1.82, 2.24) is 15.2 Å². The number of methoxy groups -OCH3 is 1. The Labute approximate surface area is 205 Å². The Kier molecular flexibility index (Phi) is 7.51. The molecule has 4 aromatic rings. The zero-order valence-corrected chi connectivity index (χ0v) is 19.6. The number of hydrogen-bond acceptors (Lipinski definition) is 6. The van der Waals surface area contributed by atoms with Gasteiger partial charge in [0, 0.05) is 10.6 Å². The van der Waals surface area contributed by atoms with Gasteiger partial charge in [-0.05, 0) is 47.7 Å². The highest BCUT2D eigenvalue weighted by Gasteiger charge is 2.17. The number of aliphatic carboxylic acids is 1. The van der Waals surface area contributed by atoms with Gasteiger partial charge < -0.3 is 14.6 Å². The lowest BCUT2D eigenvalue weighted by Gasteiger charge is -2.10. The van der Waals surface area contributed by atoms with Gasteiger partial charge in [0.25, 0.3) is 0 Å². The number of carbonyl (C=O) groups is 1. The first-order valence-corrected chi connectivity index (χ1v) is 11.4. The normalized spacial score (nSPS) is 11.3. The molecular formula is C25H20ClN3O4S. The van der Waals surface area contributed by atoms with Gasteiger partial charge in [0.15, 0.2) is 5.82 Å². The fourth-order valence-electron chi connectivity index (χ4n) is 3.12. The van der Waals surface area contributed by atoms with Crippen molar-refractivity contribution in [1.29, 1.82) is 0 Å². The van der Waals surface area contributed by atoms with Crippen LogP contribution in [-0.4, -0.2) is 33.4 Å². The lowest BCUT2D eigenvalue weighted by molar-refractivity contribution is -0.131. The zero-order valence-electron chi connectivity index (χ0n) is 18.1. The summed E-state index contributed by atoms with van der Waals surface area (Å²) in [7, 11) is 1.54. The van der Waals surface area contributed by atoms with Gasteiger partial charge in [0.05, 0.1) is 12.7 Å². The molecule has 0 spiro atoms. The molecule has 172 valence electrons. The van der Waals surface area contributed by atoms with Gasteiger partial charge in [0.2, 0.25) is 5.16 Å². The minimum absolute atomic E-state index is 0.0411. The second kappa shape index (κ2) is 10.9. The number of nitrogens with zero attached hydrogens (tertiary/aromatic N) is 2. The van der Waals surface area contributed by atoms with Crippen LogP contribution in [0.5, 0.6) is 11.5 Å². The third kappa shape index (κ3) is 5.78. The van der Waals surface area contributed by atoms with E-state index in [2.05, 4.69) is 15.2 Å². The fourth-order valence-corrected chi connectivity index (χ4v) is 3.99. The third-order valence-electron chi connectivity index (χ3n) is 4.74. The number of halogens is 1. The van der Waals surface area contributed by atoms with Gasteiger partial charge in [0.1, 0.15) is 23.0 Å². The maximum atomic E-state index is 12.0. The molecule has 0 atom stereocenters. The number of carboxylic acid groups (broad SMARTS) is 1. The zero-order chi connectivity index (χ0) is 23.9. The second-order valence-electron chi connectivity index (χ2n) is 7.04. The van der Waals surface area contributed by atoms with E-state index >= 15 is 0 Å². The highest BCUT2D eigenvalue weighted by molar-refractivity contribution is 8.04. The molecule has 34 heavy (non-hydrogen) atoms. The van der Waals surface area contributed by atoms with Gasteiger partial charge in [-0.15, -0.1) is 5.10 Å². The SMILES string of the molecule is COc1ccc(Cl)cc1-c1nc(S/C(=C\c2ccccc2OCc2ccccc2)C(=O)O)n[nH]1. The van der Waals surface area contributed by atoms with E-state index in [1.165, 1.54) is 0 Å². The standard InChI is InChI=1S/C25H20ClN3O4S/c1-32-21-12-11-18(26)14-19(21)23-27-25(29-28-23)34-22(24(30)31)13-17-9-5-6-10-20(17)33-15-16-7-3-2-4-8-16/h2-14H,15H2,1H3,(H,30,31)(H,27,28,29)/b22-13-. The van der Waals surface area contributed by atoms with Crippen molar-refractivity contribution in [2.75, 3.05) is 7.11 Å². The van der Waals surface area contributed by atoms with Gasteiger partial charge in [-0.2, -0.15) is 0 Å². The summed E-state index contributed by atoms with van der Waals surface area (Å²) in [6.07, 6.45) is 1.54. The minimum Gasteiger partial charge on any atom is -0.496 e. The lowest BCUT2D eigenvalue weighted by Crippen LogP contribution is -1.99. The Hall–Kier alpha value is -3.75. The van der Waals surface area contributed by atoms with Crippen molar-refractivity contribution in [3.05, 3.63) is 93.9 Å².